The Kier molecular flexibility index (Phi) is 6.08. The third kappa shape index (κ3) is 6.56. The number of benzene rings is 8. The van der Waals surface area contributed by atoms with Crippen molar-refractivity contribution in [2.24, 2.45) is 0 Å². The molecule has 0 aliphatic carbocycles. The Hall–Kier alpha value is -6.64. The average Bonchev–Trinajstić information content (AvgIpc) is 3.30. The van der Waals surface area contributed by atoms with E-state index in [-0.39, 0.29) is 35.5 Å². The molecule has 0 atom stereocenters. The molecule has 8 aromatic carbocycles. The Morgan fingerprint density at radius 3 is 0.980 bits per heavy atom. The molecule has 8 rings (SSSR count). The first-order valence-corrected chi connectivity index (χ1v) is 16.2. The topological polar surface area (TPSA) is 6.48 Å². The lowest BCUT2D eigenvalue weighted by Crippen LogP contribution is -2.10. The quantitative estimate of drug-likeness (QED) is 0.153. The molecule has 2 nitrogen and oxygen atoms in total. The molecule has 0 N–H and O–H groups in total. The summed E-state index contributed by atoms with van der Waals surface area (Å²) in [5.41, 5.74) is 7.77. The highest BCUT2D eigenvalue weighted by Gasteiger charge is 2.15. The molecule has 0 fully saturated rings. The van der Waals surface area contributed by atoms with Crippen LogP contribution in [0.2, 0.25) is 0 Å². The molecule has 0 saturated carbocycles. The van der Waals surface area contributed by atoms with Crippen LogP contribution >= 0.6 is 0 Å². The van der Waals surface area contributed by atoms with Crippen molar-refractivity contribution in [3.05, 3.63) is 218 Å². The molecule has 0 unspecified atom stereocenters. The number of para-hydroxylation sites is 2. The van der Waals surface area contributed by atoms with Gasteiger partial charge in [0.05, 0.1) is 13.7 Å². The zero-order chi connectivity index (χ0) is 42.2. The fourth-order valence-electron chi connectivity index (χ4n) is 6.04. The second kappa shape index (κ2) is 14.2. The van der Waals surface area contributed by atoms with E-state index in [0.717, 1.165) is 33.4 Å². The maximum Gasteiger partial charge on any atom is 0.0645 e. The molecular weight excluding hydrogens is 605 g/mol. The fourth-order valence-corrected chi connectivity index (χ4v) is 6.04. The summed E-state index contributed by atoms with van der Waals surface area (Å²) in [4.78, 5) is 3.36. The Bertz CT molecular complexity index is 2610. The SMILES string of the molecule is [2H]c1c([2H])c([2H])c(N(c2ccc(-c3ccc(N(c4cccc(-c5ccccc5)c4)c4c([2H])c([2H])c([2H])c([2H])c4[2H])cc3)cc2)c2cccc(-c3ccccc3)c2)c([2H])c1[2H]. The molecule has 0 radical (unpaired) electrons. The number of rotatable bonds is 9. The van der Waals surface area contributed by atoms with Gasteiger partial charge in [0.25, 0.3) is 0 Å². The van der Waals surface area contributed by atoms with Crippen LogP contribution < -0.4 is 9.80 Å². The van der Waals surface area contributed by atoms with E-state index in [2.05, 4.69) is 0 Å². The van der Waals surface area contributed by atoms with E-state index in [1.807, 2.05) is 158 Å². The number of anilines is 6. The minimum Gasteiger partial charge on any atom is -0.310 e. The van der Waals surface area contributed by atoms with Crippen LogP contribution in [0.1, 0.15) is 13.7 Å². The van der Waals surface area contributed by atoms with Gasteiger partial charge in [-0.05, 0) is 106 Å². The van der Waals surface area contributed by atoms with Gasteiger partial charge in [-0.15, -0.1) is 0 Å². The molecule has 8 aromatic rings. The molecule has 0 heterocycles. The smallest absolute Gasteiger partial charge is 0.0645 e. The summed E-state index contributed by atoms with van der Waals surface area (Å²) in [6.45, 7) is 0. The molecule has 0 amide bonds. The third-order valence-electron chi connectivity index (χ3n) is 8.43. The molecule has 0 spiro atoms. The van der Waals surface area contributed by atoms with Crippen molar-refractivity contribution in [2.75, 3.05) is 9.80 Å². The maximum atomic E-state index is 8.88. The fraction of sp³-hybridized carbons (Fsp3) is 0. The first kappa shape index (κ1) is 21.4. The molecule has 238 valence electrons. The summed E-state index contributed by atoms with van der Waals surface area (Å²) < 4.78 is 85.8. The Morgan fingerprint density at radius 1 is 0.260 bits per heavy atom. The second-order valence-corrected chi connectivity index (χ2v) is 11.5. The van der Waals surface area contributed by atoms with Gasteiger partial charge >= 0.3 is 0 Å². The minimum absolute atomic E-state index is 0.0207. The van der Waals surface area contributed by atoms with Crippen LogP contribution in [-0.2, 0) is 0 Å². The molecule has 2 heteroatoms. The van der Waals surface area contributed by atoms with E-state index in [4.69, 9.17) is 13.7 Å². The highest BCUT2D eigenvalue weighted by Crippen LogP contribution is 2.39. The largest absolute Gasteiger partial charge is 0.310 e. The zero-order valence-electron chi connectivity index (χ0n) is 36.9. The van der Waals surface area contributed by atoms with E-state index in [9.17, 15) is 0 Å². The lowest BCUT2D eigenvalue weighted by Gasteiger charge is -2.26. The van der Waals surface area contributed by atoms with E-state index in [1.165, 1.54) is 0 Å². The van der Waals surface area contributed by atoms with Crippen molar-refractivity contribution in [2.45, 2.75) is 0 Å². The summed E-state index contributed by atoms with van der Waals surface area (Å²) in [5, 5.41) is 0. The highest BCUT2D eigenvalue weighted by molar-refractivity contribution is 5.83. The van der Waals surface area contributed by atoms with Crippen LogP contribution in [0.25, 0.3) is 33.4 Å². The van der Waals surface area contributed by atoms with Gasteiger partial charge in [0.15, 0.2) is 0 Å². The van der Waals surface area contributed by atoms with Gasteiger partial charge < -0.3 is 9.80 Å². The first-order chi connectivity index (χ1) is 28.9. The Morgan fingerprint density at radius 2 is 0.600 bits per heavy atom. The summed E-state index contributed by atoms with van der Waals surface area (Å²) in [5.74, 6) is 0. The molecule has 50 heavy (non-hydrogen) atoms. The van der Waals surface area contributed by atoms with Crippen molar-refractivity contribution in [1.82, 2.24) is 0 Å². The minimum atomic E-state index is -0.473. The van der Waals surface area contributed by atoms with Crippen molar-refractivity contribution >= 4 is 34.1 Å². The summed E-state index contributed by atoms with van der Waals surface area (Å²) >= 11 is 0. The average molecular weight is 651 g/mol. The summed E-state index contributed by atoms with van der Waals surface area (Å²) in [6.07, 6.45) is 0. The Labute approximate surface area is 308 Å². The van der Waals surface area contributed by atoms with Gasteiger partial charge in [-0.25, -0.2) is 0 Å². The molecular formula is C48H36N2. The summed E-state index contributed by atoms with van der Waals surface area (Å²) in [6, 6.07) is 45.7. The molecule has 0 saturated heterocycles. The molecule has 0 bridgehead atoms. The van der Waals surface area contributed by atoms with Gasteiger partial charge in [-0.2, -0.15) is 0 Å². The lowest BCUT2D eigenvalue weighted by molar-refractivity contribution is 1.28. The van der Waals surface area contributed by atoms with E-state index < -0.39 is 36.3 Å². The predicted octanol–water partition coefficient (Wildman–Crippen LogP) is 13.6. The van der Waals surface area contributed by atoms with Crippen LogP contribution in [0.4, 0.5) is 34.1 Å². The van der Waals surface area contributed by atoms with Gasteiger partial charge in [0, 0.05) is 34.1 Å². The summed E-state index contributed by atoms with van der Waals surface area (Å²) in [7, 11) is 0. The molecule has 0 aliphatic rings. The monoisotopic (exact) mass is 650 g/mol. The van der Waals surface area contributed by atoms with E-state index >= 15 is 0 Å². The van der Waals surface area contributed by atoms with Crippen LogP contribution in [0, 0.1) is 0 Å². The van der Waals surface area contributed by atoms with E-state index in [0.29, 0.717) is 22.7 Å². The second-order valence-electron chi connectivity index (χ2n) is 11.5. The van der Waals surface area contributed by atoms with Crippen LogP contribution in [0.3, 0.4) is 0 Å². The Balaban J connectivity index is 1.21. The molecule has 0 aromatic heterocycles. The first-order valence-electron chi connectivity index (χ1n) is 21.2. The van der Waals surface area contributed by atoms with Crippen LogP contribution in [-0.4, -0.2) is 0 Å². The van der Waals surface area contributed by atoms with Crippen LogP contribution in [0.15, 0.2) is 218 Å². The van der Waals surface area contributed by atoms with E-state index in [1.54, 1.807) is 9.80 Å². The maximum absolute atomic E-state index is 8.88. The third-order valence-corrected chi connectivity index (χ3v) is 8.43. The number of hydrogen-bond donors (Lipinski definition) is 0. The lowest BCUT2D eigenvalue weighted by atomic mass is 10.0. The van der Waals surface area contributed by atoms with Crippen molar-refractivity contribution < 1.29 is 13.7 Å². The number of nitrogens with zero attached hydrogens (tertiary/aromatic N) is 2. The highest BCUT2D eigenvalue weighted by atomic mass is 15.1. The van der Waals surface area contributed by atoms with Crippen molar-refractivity contribution in [3.63, 3.8) is 0 Å². The normalized spacial score (nSPS) is 13.6. The standard InChI is InChI=1S/C48H36N2/c1-5-15-37(16-6-1)41-19-13-25-47(35-41)49(43-21-9-3-10-22-43)45-31-27-39(28-32-45)40-29-33-46(34-30-40)50(44-23-11-4-12-24-44)48-26-14-20-42(36-48)38-17-7-2-8-18-38/h1-36H/i3D,4D,9D,10D,11D,12D,21D,22D,23D,24D. The van der Waals surface area contributed by atoms with Gasteiger partial charge in [-0.3, -0.25) is 0 Å². The van der Waals surface area contributed by atoms with Gasteiger partial charge in [0.1, 0.15) is 0 Å². The van der Waals surface area contributed by atoms with Crippen molar-refractivity contribution in [3.8, 4) is 33.4 Å². The zero-order valence-corrected chi connectivity index (χ0v) is 26.9. The van der Waals surface area contributed by atoms with Crippen molar-refractivity contribution in [1.29, 1.82) is 0 Å². The number of hydrogen-bond acceptors (Lipinski definition) is 2. The van der Waals surface area contributed by atoms with Crippen LogP contribution in [0.5, 0.6) is 0 Å². The van der Waals surface area contributed by atoms with Gasteiger partial charge in [0.2, 0.25) is 0 Å². The van der Waals surface area contributed by atoms with Gasteiger partial charge in [-0.1, -0.05) is 145 Å². The predicted molar refractivity (Wildman–Crippen MR) is 212 cm³/mol. The molecule has 0 aliphatic heterocycles.